The van der Waals surface area contributed by atoms with Crippen LogP contribution in [0.4, 0.5) is 0 Å². The molecule has 0 heterocycles. The molecule has 0 aromatic rings. The monoisotopic (exact) mass is 338 g/mol. The van der Waals surface area contributed by atoms with Gasteiger partial charge in [0.25, 0.3) is 0 Å². The van der Waals surface area contributed by atoms with E-state index in [2.05, 4.69) is 5.32 Å². The molecule has 0 unspecified atom stereocenters. The molecule has 0 aliphatic carbocycles. The standard InChI is InChI=1S/C11H19IN2O2/c1-10(2,3)16-9(15)11(4,5)14-7-6-8(12)13/h6-7,13-14H,1-5H3/b7-6-,13-8?. The lowest BCUT2D eigenvalue weighted by atomic mass is 10.1. The van der Waals surface area contributed by atoms with Gasteiger partial charge >= 0.3 is 5.97 Å². The Hall–Kier alpha value is -0.590. The molecule has 0 aliphatic heterocycles. The normalized spacial score (nSPS) is 12.6. The van der Waals surface area contributed by atoms with E-state index in [1.807, 2.05) is 43.4 Å². The van der Waals surface area contributed by atoms with E-state index in [1.165, 1.54) is 0 Å². The van der Waals surface area contributed by atoms with Crippen molar-refractivity contribution in [2.24, 2.45) is 0 Å². The Bertz CT molecular complexity index is 304. The second-order valence-electron chi connectivity index (χ2n) is 4.95. The van der Waals surface area contributed by atoms with Crippen molar-refractivity contribution in [1.29, 1.82) is 5.41 Å². The highest BCUT2D eigenvalue weighted by Gasteiger charge is 2.31. The van der Waals surface area contributed by atoms with Crippen LogP contribution in [-0.4, -0.2) is 20.8 Å². The SMILES string of the molecule is CC(C)(C)OC(=O)C(C)(C)N/C=C\C(=N)I. The number of rotatable bonds is 4. The number of ether oxygens (including phenoxy) is 1. The van der Waals surface area contributed by atoms with Gasteiger partial charge in [-0.3, -0.25) is 5.41 Å². The summed E-state index contributed by atoms with van der Waals surface area (Å²) in [4.78, 5) is 11.8. The number of hydrogen-bond donors (Lipinski definition) is 2. The van der Waals surface area contributed by atoms with Crippen molar-refractivity contribution in [3.63, 3.8) is 0 Å². The van der Waals surface area contributed by atoms with Crippen LogP contribution >= 0.6 is 22.6 Å². The van der Waals surface area contributed by atoms with Crippen LogP contribution < -0.4 is 5.32 Å². The third kappa shape index (κ3) is 6.81. The zero-order chi connectivity index (χ0) is 13.0. The molecule has 0 radical (unpaired) electrons. The summed E-state index contributed by atoms with van der Waals surface area (Å²) in [5, 5.41) is 10.1. The van der Waals surface area contributed by atoms with Crippen LogP contribution in [-0.2, 0) is 9.53 Å². The predicted molar refractivity (Wildman–Crippen MR) is 73.9 cm³/mol. The fourth-order valence-corrected chi connectivity index (χ4v) is 0.968. The Morgan fingerprint density at radius 1 is 1.31 bits per heavy atom. The topological polar surface area (TPSA) is 62.2 Å². The minimum Gasteiger partial charge on any atom is -0.458 e. The molecule has 4 nitrogen and oxygen atoms in total. The average Bonchev–Trinajstić information content (AvgIpc) is 1.99. The molecule has 0 spiro atoms. The first-order valence-corrected chi connectivity index (χ1v) is 6.04. The van der Waals surface area contributed by atoms with Crippen LogP contribution in [0.15, 0.2) is 12.3 Å². The van der Waals surface area contributed by atoms with E-state index in [-0.39, 0.29) is 5.97 Å². The largest absolute Gasteiger partial charge is 0.458 e. The number of nitrogens with one attached hydrogen (secondary N) is 2. The summed E-state index contributed by atoms with van der Waals surface area (Å²) in [5.41, 5.74) is -1.29. The van der Waals surface area contributed by atoms with Crippen molar-refractivity contribution >= 4 is 32.3 Å². The fraction of sp³-hybridized carbons (Fsp3) is 0.636. The molecule has 0 aliphatic rings. The minimum absolute atomic E-state index is 0.315. The summed E-state index contributed by atoms with van der Waals surface area (Å²) in [7, 11) is 0. The van der Waals surface area contributed by atoms with Crippen molar-refractivity contribution in [1.82, 2.24) is 5.32 Å². The summed E-state index contributed by atoms with van der Waals surface area (Å²) in [6.07, 6.45) is 3.16. The summed E-state index contributed by atoms with van der Waals surface area (Å²) in [6.45, 7) is 8.97. The zero-order valence-electron chi connectivity index (χ0n) is 10.3. The maximum absolute atomic E-state index is 11.8. The molecule has 0 atom stereocenters. The molecule has 0 rings (SSSR count). The molecule has 0 saturated carbocycles. The van der Waals surface area contributed by atoms with Gasteiger partial charge in [0.1, 0.15) is 11.1 Å². The van der Waals surface area contributed by atoms with Crippen LogP contribution in [0.25, 0.3) is 0 Å². The smallest absolute Gasteiger partial charge is 0.331 e. The first-order valence-electron chi connectivity index (χ1n) is 4.96. The summed E-state index contributed by atoms with van der Waals surface area (Å²) in [5.74, 6) is -0.315. The first-order chi connectivity index (χ1) is 7.04. The Labute approximate surface area is 110 Å². The molecule has 92 valence electrons. The van der Waals surface area contributed by atoms with Gasteiger partial charge in [-0.25, -0.2) is 4.79 Å². The molecular formula is C11H19IN2O2. The molecule has 0 saturated heterocycles. The third-order valence-corrected chi connectivity index (χ3v) is 1.94. The molecule has 0 bridgehead atoms. The molecule has 5 heteroatoms. The van der Waals surface area contributed by atoms with E-state index in [9.17, 15) is 4.79 Å². The van der Waals surface area contributed by atoms with Crippen molar-refractivity contribution < 1.29 is 9.53 Å². The molecule has 16 heavy (non-hydrogen) atoms. The van der Waals surface area contributed by atoms with E-state index in [1.54, 1.807) is 26.1 Å². The summed E-state index contributed by atoms with van der Waals surface area (Å²) < 4.78 is 5.66. The number of halogens is 1. The van der Waals surface area contributed by atoms with Crippen LogP contribution in [0.5, 0.6) is 0 Å². The van der Waals surface area contributed by atoms with Gasteiger partial charge in [0.05, 0.1) is 3.72 Å². The van der Waals surface area contributed by atoms with E-state index >= 15 is 0 Å². The Morgan fingerprint density at radius 3 is 2.19 bits per heavy atom. The molecule has 2 N–H and O–H groups in total. The van der Waals surface area contributed by atoms with Gasteiger partial charge in [-0.2, -0.15) is 0 Å². The van der Waals surface area contributed by atoms with E-state index in [0.717, 1.165) is 0 Å². The zero-order valence-corrected chi connectivity index (χ0v) is 12.5. The molecule has 0 amide bonds. The van der Waals surface area contributed by atoms with E-state index in [4.69, 9.17) is 10.1 Å². The average molecular weight is 338 g/mol. The predicted octanol–water partition coefficient (Wildman–Crippen LogP) is 2.62. The molecule has 0 aromatic carbocycles. The quantitative estimate of drug-likeness (QED) is 0.471. The van der Waals surface area contributed by atoms with Crippen LogP contribution in [0.2, 0.25) is 0 Å². The summed E-state index contributed by atoms with van der Waals surface area (Å²) >= 11 is 1.87. The lowest BCUT2D eigenvalue weighted by Crippen LogP contribution is -2.47. The Balaban J connectivity index is 4.43. The Kier molecular flexibility index (Phi) is 5.44. The maximum Gasteiger partial charge on any atom is 0.331 e. The van der Waals surface area contributed by atoms with Gasteiger partial charge in [-0.15, -0.1) is 0 Å². The number of esters is 1. The van der Waals surface area contributed by atoms with Gasteiger partial charge < -0.3 is 10.1 Å². The van der Waals surface area contributed by atoms with Gasteiger partial charge in [-0.05, 0) is 69.5 Å². The van der Waals surface area contributed by atoms with Crippen molar-refractivity contribution in [3.05, 3.63) is 12.3 Å². The van der Waals surface area contributed by atoms with Crippen molar-refractivity contribution in [3.8, 4) is 0 Å². The van der Waals surface area contributed by atoms with Crippen LogP contribution in [0, 0.1) is 5.41 Å². The van der Waals surface area contributed by atoms with Gasteiger partial charge in [0.15, 0.2) is 0 Å². The van der Waals surface area contributed by atoms with Crippen LogP contribution in [0.3, 0.4) is 0 Å². The highest BCUT2D eigenvalue weighted by molar-refractivity contribution is 14.1. The first kappa shape index (κ1) is 15.4. The lowest BCUT2D eigenvalue weighted by molar-refractivity contribution is -0.161. The molecule has 0 aromatic heterocycles. The second-order valence-corrected chi connectivity index (χ2v) is 6.11. The van der Waals surface area contributed by atoms with E-state index in [0.29, 0.717) is 3.72 Å². The minimum atomic E-state index is -0.796. The third-order valence-electron chi connectivity index (χ3n) is 1.58. The highest BCUT2D eigenvalue weighted by Crippen LogP contribution is 2.13. The maximum atomic E-state index is 11.8. The van der Waals surface area contributed by atoms with Gasteiger partial charge in [-0.1, -0.05) is 0 Å². The van der Waals surface area contributed by atoms with Crippen molar-refractivity contribution in [2.45, 2.75) is 45.8 Å². The van der Waals surface area contributed by atoms with Crippen LogP contribution in [0.1, 0.15) is 34.6 Å². The Morgan fingerprint density at radius 2 is 1.81 bits per heavy atom. The second kappa shape index (κ2) is 5.65. The molecule has 0 fully saturated rings. The van der Waals surface area contributed by atoms with Crippen molar-refractivity contribution in [2.75, 3.05) is 0 Å². The number of carbonyl (C=O) groups excluding carboxylic acids is 1. The lowest BCUT2D eigenvalue weighted by Gasteiger charge is -2.28. The molecular weight excluding hydrogens is 319 g/mol. The van der Waals surface area contributed by atoms with Gasteiger partial charge in [0, 0.05) is 0 Å². The van der Waals surface area contributed by atoms with E-state index < -0.39 is 11.1 Å². The number of carbonyl (C=O) groups is 1. The number of allylic oxidation sites excluding steroid dienone is 1. The number of hydrogen-bond acceptors (Lipinski definition) is 4. The summed E-state index contributed by atoms with van der Waals surface area (Å²) in [6, 6.07) is 0. The van der Waals surface area contributed by atoms with Gasteiger partial charge in [0.2, 0.25) is 0 Å². The highest BCUT2D eigenvalue weighted by atomic mass is 127. The fourth-order valence-electron chi connectivity index (χ4n) is 0.788.